The summed E-state index contributed by atoms with van der Waals surface area (Å²) in [6, 6.07) is 8.28. The normalized spacial score (nSPS) is 13.4. The Labute approximate surface area is 106 Å². The van der Waals surface area contributed by atoms with Gasteiger partial charge in [-0.3, -0.25) is 0 Å². The zero-order valence-corrected chi connectivity index (χ0v) is 11.1. The summed E-state index contributed by atoms with van der Waals surface area (Å²) >= 11 is 5.08. The van der Waals surface area contributed by atoms with Crippen LogP contribution < -0.4 is 0 Å². The van der Waals surface area contributed by atoms with Gasteiger partial charge in [-0.2, -0.15) is 0 Å². The Morgan fingerprint density at radius 2 is 1.94 bits per heavy atom. The number of hydrogen-bond donors (Lipinski definition) is 1. The van der Waals surface area contributed by atoms with E-state index in [-0.39, 0.29) is 0 Å². The van der Waals surface area contributed by atoms with Gasteiger partial charge >= 0.3 is 0 Å². The topological polar surface area (TPSA) is 20.2 Å². The van der Waals surface area contributed by atoms with Crippen LogP contribution in [-0.2, 0) is 0 Å². The van der Waals surface area contributed by atoms with Crippen molar-refractivity contribution in [3.8, 4) is 0 Å². The molecule has 82 valence electrons. The van der Waals surface area contributed by atoms with Crippen LogP contribution in [0.2, 0.25) is 0 Å². The minimum atomic E-state index is -0.455. The first kappa shape index (κ1) is 10.5. The summed E-state index contributed by atoms with van der Waals surface area (Å²) in [4.78, 5) is 3.32. The van der Waals surface area contributed by atoms with Crippen LogP contribution in [0.4, 0.5) is 0 Å². The Hall–Kier alpha value is -0.680. The van der Waals surface area contributed by atoms with Gasteiger partial charge in [0.1, 0.15) is 6.10 Å². The molecule has 0 spiro atoms. The Balaban J connectivity index is 2.00. The second-order valence-corrected chi connectivity index (χ2v) is 7.03. The lowest BCUT2D eigenvalue weighted by atomic mass is 10.2. The summed E-state index contributed by atoms with van der Waals surface area (Å²) in [7, 11) is 0. The van der Waals surface area contributed by atoms with Crippen molar-refractivity contribution in [2.75, 3.05) is 0 Å². The van der Waals surface area contributed by atoms with E-state index in [4.69, 9.17) is 0 Å². The fraction of sp³-hybridized carbons (Fsp3) is 0.167. The third-order valence-corrected chi connectivity index (χ3v) is 5.66. The van der Waals surface area contributed by atoms with Gasteiger partial charge in [-0.15, -0.1) is 34.0 Å². The van der Waals surface area contributed by atoms with Crippen LogP contribution in [-0.4, -0.2) is 5.11 Å². The molecule has 0 aromatic carbocycles. The van der Waals surface area contributed by atoms with Crippen molar-refractivity contribution in [3.63, 3.8) is 0 Å². The maximum atomic E-state index is 10.3. The fourth-order valence-corrected chi connectivity index (χ4v) is 4.74. The zero-order chi connectivity index (χ0) is 11.1. The van der Waals surface area contributed by atoms with Crippen LogP contribution in [0.5, 0.6) is 0 Å². The smallest absolute Gasteiger partial charge is 0.122 e. The van der Waals surface area contributed by atoms with E-state index in [2.05, 4.69) is 30.5 Å². The summed E-state index contributed by atoms with van der Waals surface area (Å²) < 4.78 is 2.54. The average molecular weight is 266 g/mol. The number of rotatable bonds is 2. The van der Waals surface area contributed by atoms with Crippen molar-refractivity contribution < 1.29 is 5.11 Å². The van der Waals surface area contributed by atoms with E-state index in [9.17, 15) is 5.11 Å². The quantitative estimate of drug-likeness (QED) is 0.728. The van der Waals surface area contributed by atoms with Gasteiger partial charge in [0.25, 0.3) is 0 Å². The van der Waals surface area contributed by atoms with E-state index in [1.807, 2.05) is 6.07 Å². The van der Waals surface area contributed by atoms with Crippen LogP contribution in [0.15, 0.2) is 29.6 Å². The fourth-order valence-electron chi connectivity index (χ4n) is 1.66. The molecule has 1 unspecified atom stereocenters. The van der Waals surface area contributed by atoms with Crippen LogP contribution in [0.3, 0.4) is 0 Å². The van der Waals surface area contributed by atoms with Crippen molar-refractivity contribution in [2.45, 2.75) is 13.0 Å². The summed E-state index contributed by atoms with van der Waals surface area (Å²) in [6.07, 6.45) is -0.455. The molecule has 3 heterocycles. The molecule has 0 bridgehead atoms. The van der Waals surface area contributed by atoms with E-state index >= 15 is 0 Å². The van der Waals surface area contributed by atoms with Gasteiger partial charge in [0.2, 0.25) is 0 Å². The number of aliphatic hydroxyl groups excluding tert-OH is 1. The minimum absolute atomic E-state index is 0.455. The molecule has 16 heavy (non-hydrogen) atoms. The van der Waals surface area contributed by atoms with Crippen molar-refractivity contribution >= 4 is 43.4 Å². The van der Waals surface area contributed by atoms with Crippen LogP contribution >= 0.6 is 34.0 Å². The average Bonchev–Trinajstić information content (AvgIpc) is 2.89. The molecule has 0 aliphatic carbocycles. The second kappa shape index (κ2) is 3.96. The molecule has 3 aromatic heterocycles. The highest BCUT2D eigenvalue weighted by Gasteiger charge is 2.15. The predicted molar refractivity (Wildman–Crippen MR) is 72.8 cm³/mol. The number of fused-ring (bicyclic) bond motifs is 1. The van der Waals surface area contributed by atoms with Crippen molar-refractivity contribution in [1.29, 1.82) is 0 Å². The Kier molecular flexibility index (Phi) is 2.59. The van der Waals surface area contributed by atoms with Gasteiger partial charge in [0.05, 0.1) is 0 Å². The first-order chi connectivity index (χ1) is 7.74. The molecule has 0 aliphatic rings. The van der Waals surface area contributed by atoms with Crippen molar-refractivity contribution in [3.05, 3.63) is 44.3 Å². The number of thiophene rings is 3. The molecule has 1 N–H and O–H groups in total. The molecule has 0 aliphatic heterocycles. The lowest BCUT2D eigenvalue weighted by Crippen LogP contribution is -1.92. The van der Waals surface area contributed by atoms with Gasteiger partial charge in [0, 0.05) is 24.0 Å². The SMILES string of the molecule is Cc1ccc(C(O)c2cc3sccc3s2)s1. The number of aryl methyl sites for hydroxylation is 1. The highest BCUT2D eigenvalue weighted by atomic mass is 32.1. The molecule has 4 heteroatoms. The highest BCUT2D eigenvalue weighted by molar-refractivity contribution is 7.27. The maximum absolute atomic E-state index is 10.3. The molecule has 0 radical (unpaired) electrons. The van der Waals surface area contributed by atoms with E-state index in [1.165, 1.54) is 14.3 Å². The molecular formula is C12H10OS3. The second-order valence-electron chi connectivity index (χ2n) is 3.65. The third-order valence-electron chi connectivity index (χ3n) is 2.46. The van der Waals surface area contributed by atoms with Gasteiger partial charge in [-0.05, 0) is 36.6 Å². The Morgan fingerprint density at radius 1 is 1.06 bits per heavy atom. The monoisotopic (exact) mass is 266 g/mol. The van der Waals surface area contributed by atoms with Crippen molar-refractivity contribution in [1.82, 2.24) is 0 Å². The molecule has 0 saturated carbocycles. The van der Waals surface area contributed by atoms with Crippen LogP contribution in [0, 0.1) is 6.92 Å². The molecule has 0 saturated heterocycles. The number of aliphatic hydroxyl groups is 1. The van der Waals surface area contributed by atoms with Crippen LogP contribution in [0.25, 0.3) is 9.40 Å². The molecular weight excluding hydrogens is 256 g/mol. The summed E-state index contributed by atoms with van der Waals surface area (Å²) in [5.74, 6) is 0. The van der Waals surface area contributed by atoms with E-state index < -0.39 is 6.10 Å². The minimum Gasteiger partial charge on any atom is -0.382 e. The van der Waals surface area contributed by atoms with E-state index in [0.29, 0.717) is 0 Å². The van der Waals surface area contributed by atoms with Gasteiger partial charge < -0.3 is 5.11 Å². The maximum Gasteiger partial charge on any atom is 0.122 e. The molecule has 3 aromatic rings. The highest BCUT2D eigenvalue weighted by Crippen LogP contribution is 2.37. The standard InChI is InChI=1S/C12H10OS3/c1-7-2-3-9(15-7)12(13)11-6-10-8(16-11)4-5-14-10/h2-6,12-13H,1H3. The predicted octanol–water partition coefficient (Wildman–Crippen LogP) is 4.41. The van der Waals surface area contributed by atoms with Gasteiger partial charge in [0.15, 0.2) is 0 Å². The van der Waals surface area contributed by atoms with Gasteiger partial charge in [-0.25, -0.2) is 0 Å². The number of hydrogen-bond acceptors (Lipinski definition) is 4. The lowest BCUT2D eigenvalue weighted by molar-refractivity contribution is 0.228. The Bertz CT molecular complexity index is 588. The van der Waals surface area contributed by atoms with Crippen molar-refractivity contribution in [2.24, 2.45) is 0 Å². The summed E-state index contributed by atoms with van der Waals surface area (Å²) in [6.45, 7) is 2.06. The molecule has 1 atom stereocenters. The molecule has 0 amide bonds. The molecule has 3 rings (SSSR count). The van der Waals surface area contributed by atoms with E-state index in [1.54, 1.807) is 34.0 Å². The summed E-state index contributed by atoms with van der Waals surface area (Å²) in [5, 5.41) is 12.3. The summed E-state index contributed by atoms with van der Waals surface area (Å²) in [5.41, 5.74) is 0. The first-order valence-electron chi connectivity index (χ1n) is 4.95. The zero-order valence-electron chi connectivity index (χ0n) is 8.64. The lowest BCUT2D eigenvalue weighted by Gasteiger charge is -2.04. The molecule has 1 nitrogen and oxygen atoms in total. The van der Waals surface area contributed by atoms with E-state index in [0.717, 1.165) is 9.75 Å². The Morgan fingerprint density at radius 3 is 2.62 bits per heavy atom. The van der Waals surface area contributed by atoms with Crippen LogP contribution in [0.1, 0.15) is 20.7 Å². The first-order valence-corrected chi connectivity index (χ1v) is 7.46. The molecule has 0 fully saturated rings. The van der Waals surface area contributed by atoms with Gasteiger partial charge in [-0.1, -0.05) is 0 Å². The largest absolute Gasteiger partial charge is 0.382 e. The third kappa shape index (κ3) is 1.72.